The predicted octanol–water partition coefficient (Wildman–Crippen LogP) is 3.82. The van der Waals surface area contributed by atoms with Crippen molar-refractivity contribution in [1.29, 1.82) is 0 Å². The van der Waals surface area contributed by atoms with Gasteiger partial charge in [-0.1, -0.05) is 24.4 Å². The molecule has 1 aliphatic heterocycles. The molecule has 26 heavy (non-hydrogen) atoms. The monoisotopic (exact) mass is 358 g/mol. The highest BCUT2D eigenvalue weighted by Crippen LogP contribution is 2.21. The smallest absolute Gasteiger partial charge is 0.216 e. The molecule has 0 fully saturated rings. The molecule has 1 atom stereocenters. The zero-order valence-electron chi connectivity index (χ0n) is 15.2. The van der Waals surface area contributed by atoms with E-state index in [1.807, 2.05) is 31.2 Å². The molecule has 6 nitrogen and oxygen atoms in total. The van der Waals surface area contributed by atoms with Crippen LogP contribution in [0.4, 0.5) is 0 Å². The van der Waals surface area contributed by atoms with Crippen LogP contribution in [0, 0.1) is 6.92 Å². The molecule has 0 saturated carbocycles. The van der Waals surface area contributed by atoms with E-state index in [0.29, 0.717) is 25.4 Å². The van der Waals surface area contributed by atoms with Crippen LogP contribution in [0.15, 0.2) is 39.8 Å². The highest BCUT2D eigenvalue weighted by atomic mass is 16.5. The summed E-state index contributed by atoms with van der Waals surface area (Å²) in [5.41, 5.74) is 1.79. The van der Waals surface area contributed by atoms with Crippen LogP contribution < -0.4 is 4.74 Å². The zero-order valence-corrected chi connectivity index (χ0v) is 15.2. The van der Waals surface area contributed by atoms with Gasteiger partial charge in [-0.3, -0.25) is 0 Å². The average Bonchev–Trinajstić information content (AvgIpc) is 3.33. The van der Waals surface area contributed by atoms with Crippen molar-refractivity contribution in [2.24, 2.45) is 4.99 Å². The lowest BCUT2D eigenvalue weighted by molar-refractivity contribution is 0.127. The van der Waals surface area contributed by atoms with E-state index >= 15 is 0 Å². The quantitative estimate of drug-likeness (QED) is 0.653. The van der Waals surface area contributed by atoms with Gasteiger partial charge < -0.3 is 19.1 Å². The van der Waals surface area contributed by atoms with Crippen molar-refractivity contribution >= 4 is 5.90 Å². The molecule has 6 heteroatoms. The summed E-state index contributed by atoms with van der Waals surface area (Å²) in [6.45, 7) is 3.95. The third-order valence-corrected chi connectivity index (χ3v) is 4.30. The van der Waals surface area contributed by atoms with Gasteiger partial charge in [-0.15, -0.1) is 0 Å². The SMILES string of the molecule is Cc1cc(C(O)CCCCCCOc2ccc(C3=NCCO3)cc2)on1. The summed E-state index contributed by atoms with van der Waals surface area (Å²) in [6.07, 6.45) is 4.23. The fourth-order valence-corrected chi connectivity index (χ4v) is 2.87. The maximum absolute atomic E-state index is 10.0. The van der Waals surface area contributed by atoms with E-state index in [1.54, 1.807) is 6.07 Å². The van der Waals surface area contributed by atoms with Gasteiger partial charge in [-0.05, 0) is 44.0 Å². The molecule has 0 aliphatic carbocycles. The summed E-state index contributed by atoms with van der Waals surface area (Å²) in [6, 6.07) is 9.65. The first-order valence-electron chi connectivity index (χ1n) is 9.24. The van der Waals surface area contributed by atoms with Crippen molar-refractivity contribution in [1.82, 2.24) is 5.16 Å². The number of nitrogens with zero attached hydrogens (tertiary/aromatic N) is 2. The normalized spacial score (nSPS) is 14.8. The van der Waals surface area contributed by atoms with Crippen LogP contribution in [0.2, 0.25) is 0 Å². The van der Waals surface area contributed by atoms with E-state index < -0.39 is 6.10 Å². The van der Waals surface area contributed by atoms with Crippen LogP contribution in [-0.4, -0.2) is 35.9 Å². The Bertz CT molecular complexity index is 709. The standard InChI is InChI=1S/C20H26N2O4/c1-15-14-19(26-22-15)18(23)6-4-2-3-5-12-24-17-9-7-16(8-10-17)20-21-11-13-25-20/h7-10,14,18,23H,2-6,11-13H2,1H3. The second-order valence-corrected chi connectivity index (χ2v) is 6.50. The Labute approximate surface area is 153 Å². The Morgan fingerprint density at radius 3 is 2.65 bits per heavy atom. The second-order valence-electron chi connectivity index (χ2n) is 6.50. The van der Waals surface area contributed by atoms with Gasteiger partial charge in [0.15, 0.2) is 5.76 Å². The fourth-order valence-electron chi connectivity index (χ4n) is 2.87. The van der Waals surface area contributed by atoms with Crippen LogP contribution in [0.3, 0.4) is 0 Å². The zero-order chi connectivity index (χ0) is 18.2. The Hall–Kier alpha value is -2.34. The molecule has 1 aromatic carbocycles. The molecule has 140 valence electrons. The number of aliphatic imine (C=N–C) groups is 1. The van der Waals surface area contributed by atoms with Crippen LogP contribution in [0.1, 0.15) is 55.2 Å². The lowest BCUT2D eigenvalue weighted by Crippen LogP contribution is -2.02. The van der Waals surface area contributed by atoms with E-state index in [0.717, 1.165) is 55.1 Å². The topological polar surface area (TPSA) is 77.1 Å². The summed E-state index contributed by atoms with van der Waals surface area (Å²) >= 11 is 0. The van der Waals surface area contributed by atoms with Crippen molar-refractivity contribution in [2.75, 3.05) is 19.8 Å². The number of aryl methyl sites for hydroxylation is 1. The highest BCUT2D eigenvalue weighted by molar-refractivity contribution is 5.94. The number of aromatic nitrogens is 1. The van der Waals surface area contributed by atoms with Crippen LogP contribution in [-0.2, 0) is 4.74 Å². The molecular formula is C20H26N2O4. The minimum Gasteiger partial charge on any atom is -0.494 e. The third-order valence-electron chi connectivity index (χ3n) is 4.30. The maximum atomic E-state index is 10.0. The van der Waals surface area contributed by atoms with Gasteiger partial charge in [-0.25, -0.2) is 4.99 Å². The predicted molar refractivity (Wildman–Crippen MR) is 98.6 cm³/mol. The van der Waals surface area contributed by atoms with E-state index in [2.05, 4.69) is 10.1 Å². The number of benzene rings is 1. The second kappa shape index (κ2) is 9.38. The molecule has 0 amide bonds. The van der Waals surface area contributed by atoms with Crippen molar-refractivity contribution in [2.45, 2.75) is 45.1 Å². The van der Waals surface area contributed by atoms with Gasteiger partial charge in [-0.2, -0.15) is 0 Å². The number of aliphatic hydroxyl groups is 1. The van der Waals surface area contributed by atoms with Gasteiger partial charge in [0.25, 0.3) is 0 Å². The minimum absolute atomic E-state index is 0.556. The number of rotatable bonds is 10. The van der Waals surface area contributed by atoms with Crippen molar-refractivity contribution < 1.29 is 19.1 Å². The Morgan fingerprint density at radius 2 is 1.96 bits per heavy atom. The van der Waals surface area contributed by atoms with Gasteiger partial charge in [0, 0.05) is 11.6 Å². The molecule has 0 bridgehead atoms. The van der Waals surface area contributed by atoms with Gasteiger partial charge in [0.1, 0.15) is 18.5 Å². The molecule has 3 rings (SSSR count). The highest BCUT2D eigenvalue weighted by Gasteiger charge is 2.12. The molecule has 1 aliphatic rings. The Balaban J connectivity index is 1.26. The number of hydrogen-bond donors (Lipinski definition) is 1. The summed E-state index contributed by atoms with van der Waals surface area (Å²) in [5.74, 6) is 2.14. The first kappa shape index (κ1) is 18.5. The minimum atomic E-state index is -0.556. The van der Waals surface area contributed by atoms with E-state index in [-0.39, 0.29) is 0 Å². The fraction of sp³-hybridized carbons (Fsp3) is 0.500. The number of ether oxygens (including phenoxy) is 2. The number of hydrogen-bond acceptors (Lipinski definition) is 6. The molecular weight excluding hydrogens is 332 g/mol. The molecule has 2 aromatic rings. The summed E-state index contributed by atoms with van der Waals surface area (Å²) in [7, 11) is 0. The molecule has 0 radical (unpaired) electrons. The first-order chi connectivity index (χ1) is 12.7. The summed E-state index contributed by atoms with van der Waals surface area (Å²) in [5, 5.41) is 13.8. The van der Waals surface area contributed by atoms with Gasteiger partial charge in [0.2, 0.25) is 5.90 Å². The van der Waals surface area contributed by atoms with E-state index in [9.17, 15) is 5.11 Å². The Morgan fingerprint density at radius 1 is 1.15 bits per heavy atom. The van der Waals surface area contributed by atoms with E-state index in [1.165, 1.54) is 0 Å². The van der Waals surface area contributed by atoms with Crippen molar-refractivity contribution in [3.63, 3.8) is 0 Å². The van der Waals surface area contributed by atoms with E-state index in [4.69, 9.17) is 14.0 Å². The lowest BCUT2D eigenvalue weighted by Gasteiger charge is -2.08. The first-order valence-corrected chi connectivity index (χ1v) is 9.24. The van der Waals surface area contributed by atoms with Crippen LogP contribution in [0.25, 0.3) is 0 Å². The summed E-state index contributed by atoms with van der Waals surface area (Å²) in [4.78, 5) is 4.30. The summed E-state index contributed by atoms with van der Waals surface area (Å²) < 4.78 is 16.3. The molecule has 1 aromatic heterocycles. The van der Waals surface area contributed by atoms with Crippen molar-refractivity contribution in [3.05, 3.63) is 47.3 Å². The number of aliphatic hydroxyl groups excluding tert-OH is 1. The lowest BCUT2D eigenvalue weighted by atomic mass is 10.1. The third kappa shape index (κ3) is 5.33. The molecule has 2 heterocycles. The van der Waals surface area contributed by atoms with Gasteiger partial charge in [0.05, 0.1) is 18.8 Å². The molecule has 1 unspecified atom stereocenters. The van der Waals surface area contributed by atoms with Gasteiger partial charge >= 0.3 is 0 Å². The largest absolute Gasteiger partial charge is 0.494 e. The number of unbranched alkanes of at least 4 members (excludes halogenated alkanes) is 3. The Kier molecular flexibility index (Phi) is 6.66. The maximum Gasteiger partial charge on any atom is 0.216 e. The van der Waals surface area contributed by atoms with Crippen LogP contribution in [0.5, 0.6) is 5.75 Å². The molecule has 0 saturated heterocycles. The molecule has 0 spiro atoms. The van der Waals surface area contributed by atoms with Crippen LogP contribution >= 0.6 is 0 Å². The van der Waals surface area contributed by atoms with Crippen molar-refractivity contribution in [3.8, 4) is 5.75 Å². The average molecular weight is 358 g/mol. The molecule has 1 N–H and O–H groups in total.